The lowest BCUT2D eigenvalue weighted by atomic mass is 10.2. The number of carbonyl (C=O) groups is 7. The molecule has 0 radical (unpaired) electrons. The predicted molar refractivity (Wildman–Crippen MR) is 272 cm³/mol. The van der Waals surface area contributed by atoms with Crippen molar-refractivity contribution >= 4 is 41.8 Å². The molecular formula is C57H74O16. The Labute approximate surface area is 430 Å². The third-order valence-electron chi connectivity index (χ3n) is 10.9. The van der Waals surface area contributed by atoms with Gasteiger partial charge in [0.2, 0.25) is 0 Å². The van der Waals surface area contributed by atoms with E-state index in [2.05, 4.69) is 13.2 Å². The number of benzene rings is 3. The van der Waals surface area contributed by atoms with Crippen molar-refractivity contribution in [3.05, 3.63) is 109 Å². The van der Waals surface area contributed by atoms with E-state index in [4.69, 9.17) is 42.6 Å². The second-order valence-corrected chi connectivity index (χ2v) is 17.2. The van der Waals surface area contributed by atoms with Crippen LogP contribution in [0.3, 0.4) is 0 Å². The molecule has 0 saturated heterocycles. The van der Waals surface area contributed by atoms with E-state index in [1.54, 1.807) is 79.7 Å². The highest BCUT2D eigenvalue weighted by Gasteiger charge is 2.13. The fraction of sp³-hybridized carbons (Fsp3) is 0.491. The summed E-state index contributed by atoms with van der Waals surface area (Å²) in [6.07, 6.45) is 15.2. The van der Waals surface area contributed by atoms with Gasteiger partial charge in [-0.05, 0) is 189 Å². The Hall–Kier alpha value is -6.97. The van der Waals surface area contributed by atoms with Gasteiger partial charge in [-0.2, -0.15) is 0 Å². The highest BCUT2D eigenvalue weighted by atomic mass is 16.6. The first-order valence-electron chi connectivity index (χ1n) is 25.5. The average Bonchev–Trinajstić information content (AvgIpc) is 3.39. The summed E-state index contributed by atoms with van der Waals surface area (Å²) in [5, 5.41) is 0. The quantitative estimate of drug-likeness (QED) is 0.0171. The Balaban J connectivity index is 1.11. The van der Waals surface area contributed by atoms with Gasteiger partial charge < -0.3 is 42.6 Å². The van der Waals surface area contributed by atoms with Gasteiger partial charge in [0.15, 0.2) is 0 Å². The summed E-state index contributed by atoms with van der Waals surface area (Å²) >= 11 is 0. The molecule has 73 heavy (non-hydrogen) atoms. The maximum absolute atomic E-state index is 12.8. The second kappa shape index (κ2) is 37.8. The van der Waals surface area contributed by atoms with E-state index >= 15 is 0 Å². The molecule has 16 heteroatoms. The van der Waals surface area contributed by atoms with E-state index in [0.29, 0.717) is 132 Å². The van der Waals surface area contributed by atoms with E-state index in [0.717, 1.165) is 76.7 Å². The highest BCUT2D eigenvalue weighted by molar-refractivity contribution is 5.92. The van der Waals surface area contributed by atoms with Gasteiger partial charge in [0.05, 0.1) is 57.4 Å². The van der Waals surface area contributed by atoms with Crippen molar-refractivity contribution in [1.82, 2.24) is 0 Å². The molecule has 0 spiro atoms. The topological polar surface area (TPSA) is 203 Å². The monoisotopic (exact) mass is 1010 g/mol. The molecular weight excluding hydrogens is 941 g/mol. The molecule has 0 bridgehead atoms. The molecule has 0 aromatic heterocycles. The van der Waals surface area contributed by atoms with Gasteiger partial charge in [0.1, 0.15) is 23.0 Å². The predicted octanol–water partition coefficient (Wildman–Crippen LogP) is 11.2. The normalized spacial score (nSPS) is 10.6. The first-order chi connectivity index (χ1) is 35.4. The average molecular weight is 1020 g/mol. The van der Waals surface area contributed by atoms with Gasteiger partial charge in [-0.3, -0.25) is 14.4 Å². The van der Waals surface area contributed by atoms with Gasteiger partial charge >= 0.3 is 41.8 Å². The molecule has 0 heterocycles. The van der Waals surface area contributed by atoms with Crippen LogP contribution in [0.4, 0.5) is 0 Å². The molecule has 0 saturated carbocycles. The van der Waals surface area contributed by atoms with Crippen LogP contribution in [0.2, 0.25) is 0 Å². The minimum Gasteiger partial charge on any atom is -0.494 e. The van der Waals surface area contributed by atoms with Crippen molar-refractivity contribution in [2.45, 2.75) is 135 Å². The molecule has 0 aliphatic rings. The molecule has 3 aromatic carbocycles. The number of esters is 7. The molecule has 3 aromatic rings. The maximum Gasteiger partial charge on any atom is 0.343 e. The van der Waals surface area contributed by atoms with Crippen molar-refractivity contribution in [1.29, 1.82) is 0 Å². The number of unbranched alkanes of at least 4 members (excludes halogenated alkanes) is 12. The summed E-state index contributed by atoms with van der Waals surface area (Å²) in [5.41, 5.74) is 1.06. The van der Waals surface area contributed by atoms with Crippen LogP contribution < -0.4 is 18.9 Å². The number of hydrogen-bond donors (Lipinski definition) is 0. The van der Waals surface area contributed by atoms with E-state index in [1.165, 1.54) is 0 Å². The van der Waals surface area contributed by atoms with Crippen LogP contribution in [0.5, 0.6) is 23.0 Å². The standard InChI is InChI=1S/C57H74O16/c1-4-51(58)67-39-17-7-5-15-37-65-47-29-25-45(26-30-47)56(63)72-49-33-35-50(36-34-49)73-57(64)46-27-31-48(32-28-46)66-38-16-6-8-18-40-68-52(59)22-12-9-19-41-69-53(60)23-13-10-20-42-70-54(61)24-14-11-21-43-71-55(62)44(2)3/h4,25-36H,1-2,5-24,37-43H2,3H3. The van der Waals surface area contributed by atoms with Crippen LogP contribution in [0, 0.1) is 0 Å². The molecule has 0 fully saturated rings. The molecule has 3 rings (SSSR count). The molecule has 16 nitrogen and oxygen atoms in total. The largest absolute Gasteiger partial charge is 0.494 e. The lowest BCUT2D eigenvalue weighted by Gasteiger charge is -2.09. The minimum atomic E-state index is -0.550. The van der Waals surface area contributed by atoms with Crippen LogP contribution in [0.25, 0.3) is 0 Å². The van der Waals surface area contributed by atoms with Crippen LogP contribution in [-0.2, 0) is 47.7 Å². The summed E-state index contributed by atoms with van der Waals surface area (Å²) in [6, 6.07) is 19.5. The Bertz CT molecular complexity index is 2130. The molecule has 0 unspecified atom stereocenters. The van der Waals surface area contributed by atoms with Crippen molar-refractivity contribution in [3.8, 4) is 23.0 Å². The lowest BCUT2D eigenvalue weighted by Crippen LogP contribution is -2.10. The Kier molecular flexibility index (Phi) is 31.2. The molecule has 0 amide bonds. The van der Waals surface area contributed by atoms with E-state index < -0.39 is 23.9 Å². The fourth-order valence-electron chi connectivity index (χ4n) is 6.72. The fourth-order valence-corrected chi connectivity index (χ4v) is 6.72. The summed E-state index contributed by atoms with van der Waals surface area (Å²) in [6.45, 7) is 11.2. The molecule has 0 N–H and O–H groups in total. The van der Waals surface area contributed by atoms with Gasteiger partial charge in [-0.1, -0.05) is 13.2 Å². The van der Waals surface area contributed by atoms with Gasteiger partial charge in [-0.25, -0.2) is 19.2 Å². The van der Waals surface area contributed by atoms with Crippen molar-refractivity contribution < 1.29 is 76.2 Å². The van der Waals surface area contributed by atoms with E-state index in [9.17, 15) is 33.6 Å². The number of ether oxygens (including phenoxy) is 9. The molecule has 0 aliphatic carbocycles. The van der Waals surface area contributed by atoms with Crippen molar-refractivity contribution in [2.24, 2.45) is 0 Å². The summed E-state index contributed by atoms with van der Waals surface area (Å²) < 4.78 is 48.4. The number of rotatable bonds is 40. The van der Waals surface area contributed by atoms with Crippen LogP contribution in [0.1, 0.15) is 156 Å². The molecule has 0 aliphatic heterocycles. The lowest BCUT2D eigenvalue weighted by molar-refractivity contribution is -0.145. The second-order valence-electron chi connectivity index (χ2n) is 17.2. The summed E-state index contributed by atoms with van der Waals surface area (Å²) in [5.74, 6) is -0.823. The Morgan fingerprint density at radius 2 is 0.685 bits per heavy atom. The first-order valence-corrected chi connectivity index (χ1v) is 25.5. The van der Waals surface area contributed by atoms with E-state index in [-0.39, 0.29) is 29.4 Å². The zero-order valence-corrected chi connectivity index (χ0v) is 42.5. The SMILES string of the molecule is C=CC(=O)OCCCCCCOc1ccc(C(=O)Oc2ccc(OC(=O)c3ccc(OCCCCCCOC(=O)CCCCCOC(=O)CCCCCOC(=O)CCCCCOC(=O)C(=C)C)cc3)cc2)cc1. The number of carbonyl (C=O) groups excluding carboxylic acids is 7. The number of hydrogen-bond acceptors (Lipinski definition) is 16. The third-order valence-corrected chi connectivity index (χ3v) is 10.9. The zero-order chi connectivity index (χ0) is 52.7. The summed E-state index contributed by atoms with van der Waals surface area (Å²) in [4.78, 5) is 83.8. The van der Waals surface area contributed by atoms with Crippen LogP contribution >= 0.6 is 0 Å². The molecule has 0 atom stereocenters. The smallest absolute Gasteiger partial charge is 0.343 e. The van der Waals surface area contributed by atoms with E-state index in [1.807, 2.05) is 0 Å². The van der Waals surface area contributed by atoms with Crippen molar-refractivity contribution in [2.75, 3.05) is 46.2 Å². The minimum absolute atomic E-state index is 0.233. The van der Waals surface area contributed by atoms with Gasteiger partial charge in [0.25, 0.3) is 0 Å². The van der Waals surface area contributed by atoms with Gasteiger partial charge in [-0.15, -0.1) is 0 Å². The van der Waals surface area contributed by atoms with Crippen LogP contribution in [-0.4, -0.2) is 88.0 Å². The van der Waals surface area contributed by atoms with Crippen molar-refractivity contribution in [3.63, 3.8) is 0 Å². The Morgan fingerprint density at radius 3 is 1.03 bits per heavy atom. The first kappa shape index (κ1) is 60.3. The highest BCUT2D eigenvalue weighted by Crippen LogP contribution is 2.22. The maximum atomic E-state index is 12.8. The third kappa shape index (κ3) is 29.2. The van der Waals surface area contributed by atoms with Crippen LogP contribution in [0.15, 0.2) is 97.6 Å². The Morgan fingerprint density at radius 1 is 0.384 bits per heavy atom. The summed E-state index contributed by atoms with van der Waals surface area (Å²) in [7, 11) is 0. The van der Waals surface area contributed by atoms with Gasteiger partial charge in [0, 0.05) is 30.9 Å². The molecule has 398 valence electrons. The zero-order valence-electron chi connectivity index (χ0n) is 42.5.